The molecule has 46 valence electrons. The van der Waals surface area contributed by atoms with Crippen molar-refractivity contribution >= 4 is 20.4 Å². The summed E-state index contributed by atoms with van der Waals surface area (Å²) in [4.78, 5) is 0. The van der Waals surface area contributed by atoms with E-state index in [2.05, 4.69) is 20.8 Å². The average molecular weight is 125 g/mol. The van der Waals surface area contributed by atoms with E-state index < -0.39 is 0 Å². The fourth-order valence-corrected chi connectivity index (χ4v) is 2.41. The minimum atomic E-state index is 0.364. The molecule has 1 heteroatoms. The molecule has 8 heavy (non-hydrogen) atoms. The fourth-order valence-electron chi connectivity index (χ4n) is 0.803. The van der Waals surface area contributed by atoms with Crippen LogP contribution in [0.5, 0.6) is 0 Å². The number of hydrogen-bond donors (Lipinski definition) is 0. The summed E-state index contributed by atoms with van der Waals surface area (Å²) < 4.78 is 3.10. The first-order valence-corrected chi connectivity index (χ1v) is 5.77. The van der Waals surface area contributed by atoms with Crippen molar-refractivity contribution in [3.05, 3.63) is 0 Å². The molecule has 0 aliphatic carbocycles. The van der Waals surface area contributed by atoms with Gasteiger partial charge in [-0.1, -0.05) is 33.1 Å². The summed E-state index contributed by atoms with van der Waals surface area (Å²) in [5, 5.41) is 0. The van der Waals surface area contributed by atoms with Gasteiger partial charge in [0.2, 0.25) is 0 Å². The lowest BCUT2D eigenvalue weighted by Gasteiger charge is -1.98. The van der Waals surface area contributed by atoms with E-state index in [1.54, 1.807) is 9.10 Å². The van der Waals surface area contributed by atoms with Gasteiger partial charge in [0.1, 0.15) is 0 Å². The predicted octanol–water partition coefficient (Wildman–Crippen LogP) is 2.59. The van der Waals surface area contributed by atoms with Gasteiger partial charge in [-0.25, -0.2) is 0 Å². The lowest BCUT2D eigenvalue weighted by atomic mass is 10.3. The minimum absolute atomic E-state index is 0.364. The molecule has 0 fully saturated rings. The minimum Gasteiger partial charge on any atom is -0.146 e. The molecule has 0 saturated heterocycles. The van der Waals surface area contributed by atoms with E-state index in [0.29, 0.717) is 20.4 Å². The van der Waals surface area contributed by atoms with Gasteiger partial charge in [-0.05, 0) is 0 Å². The molecule has 0 aliphatic heterocycles. The van der Waals surface area contributed by atoms with Crippen LogP contribution in [0.15, 0.2) is 0 Å². The highest BCUT2D eigenvalue weighted by Gasteiger charge is 1.95. The van der Waals surface area contributed by atoms with Gasteiger partial charge in [0.15, 0.2) is 0 Å². The molecular formula is C7H16Mg. The molecule has 0 atom stereocenters. The Hall–Kier alpha value is 0.766. The van der Waals surface area contributed by atoms with E-state index in [9.17, 15) is 0 Å². The molecule has 0 aromatic rings. The number of hydrogen-bond acceptors (Lipinski definition) is 0. The second-order valence-electron chi connectivity index (χ2n) is 2.89. The molecule has 0 aromatic heterocycles. The van der Waals surface area contributed by atoms with Gasteiger partial charge in [0.05, 0.1) is 0 Å². The molecule has 0 spiro atoms. The summed E-state index contributed by atoms with van der Waals surface area (Å²) in [6.07, 6.45) is 1.42. The van der Waals surface area contributed by atoms with E-state index in [-0.39, 0.29) is 0 Å². The summed E-state index contributed by atoms with van der Waals surface area (Å²) >= 11 is 0.364. The van der Waals surface area contributed by atoms with Crippen LogP contribution >= 0.6 is 0 Å². The Balaban J connectivity index is 2.72. The first-order valence-electron chi connectivity index (χ1n) is 3.77. The van der Waals surface area contributed by atoms with Crippen molar-refractivity contribution in [2.45, 2.75) is 36.3 Å². The third kappa shape index (κ3) is 6.77. The Morgan fingerprint density at radius 1 is 1.38 bits per heavy atom. The molecule has 0 saturated carbocycles. The van der Waals surface area contributed by atoms with E-state index in [1.807, 2.05) is 0 Å². The van der Waals surface area contributed by atoms with E-state index >= 15 is 0 Å². The zero-order valence-corrected chi connectivity index (χ0v) is 7.82. The van der Waals surface area contributed by atoms with Crippen LogP contribution in [0.1, 0.15) is 27.2 Å². The quantitative estimate of drug-likeness (QED) is 0.399. The molecule has 0 aromatic carbocycles. The lowest BCUT2D eigenvalue weighted by Crippen LogP contribution is -1.93. The highest BCUT2D eigenvalue weighted by Crippen LogP contribution is 2.01. The maximum atomic E-state index is 2.32. The zero-order valence-electron chi connectivity index (χ0n) is 6.41. The predicted molar refractivity (Wildman–Crippen MR) is 40.5 cm³/mol. The summed E-state index contributed by atoms with van der Waals surface area (Å²) in [6.45, 7) is 6.93. The molecule has 0 rings (SSSR count). The lowest BCUT2D eigenvalue weighted by molar-refractivity contribution is 0.728. The zero-order chi connectivity index (χ0) is 6.41. The largest absolute Gasteiger partial charge is 0.364 e. The second kappa shape index (κ2) is 5.89. The summed E-state index contributed by atoms with van der Waals surface area (Å²) in [5.41, 5.74) is 0. The van der Waals surface area contributed by atoms with Crippen LogP contribution in [0, 0.1) is 5.92 Å². The van der Waals surface area contributed by atoms with Gasteiger partial charge < -0.3 is 0 Å². The molecule has 0 amide bonds. The topological polar surface area (TPSA) is 0 Å². The van der Waals surface area contributed by atoms with E-state index in [4.69, 9.17) is 0 Å². The first kappa shape index (κ1) is 8.77. The molecular weight excluding hydrogens is 108 g/mol. The molecule has 0 unspecified atom stereocenters. The van der Waals surface area contributed by atoms with Crippen molar-refractivity contribution in [3.8, 4) is 0 Å². The van der Waals surface area contributed by atoms with Crippen molar-refractivity contribution in [3.63, 3.8) is 0 Å². The Kier molecular flexibility index (Phi) is 6.46. The van der Waals surface area contributed by atoms with Gasteiger partial charge in [0.25, 0.3) is 0 Å². The summed E-state index contributed by atoms with van der Waals surface area (Å²) in [6, 6.07) is 0. The third-order valence-electron chi connectivity index (χ3n) is 1.39. The molecule has 0 N–H and O–H groups in total. The van der Waals surface area contributed by atoms with Crippen LogP contribution in [-0.4, -0.2) is 20.4 Å². The molecule has 0 heterocycles. The Morgan fingerprint density at radius 3 is 2.38 bits per heavy atom. The Bertz CT molecular complexity index is 41.7. The molecule has 0 radical (unpaired) electrons. The van der Waals surface area contributed by atoms with Crippen LogP contribution in [0.4, 0.5) is 0 Å². The fraction of sp³-hybridized carbons (Fsp3) is 1.00. The van der Waals surface area contributed by atoms with Gasteiger partial charge >= 0.3 is 20.4 Å². The average Bonchev–Trinajstić information content (AvgIpc) is 1.66. The van der Waals surface area contributed by atoms with Crippen molar-refractivity contribution < 1.29 is 0 Å². The highest BCUT2D eigenvalue weighted by molar-refractivity contribution is 6.35. The third-order valence-corrected chi connectivity index (χ3v) is 4.16. The highest BCUT2D eigenvalue weighted by atomic mass is 24.5. The van der Waals surface area contributed by atoms with Crippen LogP contribution in [0.2, 0.25) is 9.10 Å². The normalized spacial score (nSPS) is 9.50. The molecule has 0 aliphatic rings. The summed E-state index contributed by atoms with van der Waals surface area (Å²) in [7, 11) is 0. The van der Waals surface area contributed by atoms with Crippen molar-refractivity contribution in [2.75, 3.05) is 0 Å². The monoisotopic (exact) mass is 124 g/mol. The van der Waals surface area contributed by atoms with Crippen LogP contribution in [-0.2, 0) is 0 Å². The maximum Gasteiger partial charge on any atom is 0.364 e. The van der Waals surface area contributed by atoms with Crippen LogP contribution < -0.4 is 0 Å². The first-order chi connectivity index (χ1) is 3.77. The molecule has 0 bridgehead atoms. The van der Waals surface area contributed by atoms with E-state index in [1.165, 1.54) is 6.42 Å². The van der Waals surface area contributed by atoms with Crippen molar-refractivity contribution in [1.29, 1.82) is 0 Å². The van der Waals surface area contributed by atoms with Gasteiger partial charge in [0, 0.05) is 0 Å². The Labute approximate surface area is 62.8 Å². The van der Waals surface area contributed by atoms with Crippen LogP contribution in [0.25, 0.3) is 0 Å². The van der Waals surface area contributed by atoms with Crippen molar-refractivity contribution in [2.24, 2.45) is 5.92 Å². The second-order valence-corrected chi connectivity index (χ2v) is 4.88. The van der Waals surface area contributed by atoms with Gasteiger partial charge in [-0.15, -0.1) is 9.10 Å². The smallest absolute Gasteiger partial charge is 0.146 e. The van der Waals surface area contributed by atoms with E-state index in [0.717, 1.165) is 5.92 Å². The van der Waals surface area contributed by atoms with Crippen LogP contribution in [0.3, 0.4) is 0 Å². The SMILES string of the molecule is CC[CH2][Mg][CH2]C(C)C. The maximum absolute atomic E-state index is 2.32. The summed E-state index contributed by atoms with van der Waals surface area (Å²) in [5.74, 6) is 0.966. The standard InChI is InChI=1S/C4H9.C3H7.Mg/c1-4(2)3;1-3-2;/h4H,1H2,2-3H3;1,3H2,2H3;. The van der Waals surface area contributed by atoms with Gasteiger partial charge in [-0.2, -0.15) is 0 Å². The van der Waals surface area contributed by atoms with Crippen molar-refractivity contribution in [1.82, 2.24) is 0 Å². The Morgan fingerprint density at radius 2 is 2.00 bits per heavy atom. The van der Waals surface area contributed by atoms with Gasteiger partial charge in [-0.3, -0.25) is 0 Å². The number of rotatable bonds is 4. The molecule has 0 nitrogen and oxygen atoms in total.